The maximum Gasteiger partial charge on any atom is 0.279 e. The van der Waals surface area contributed by atoms with Gasteiger partial charge >= 0.3 is 0 Å². The van der Waals surface area contributed by atoms with Crippen LogP contribution < -0.4 is 15.6 Å². The highest BCUT2D eigenvalue weighted by molar-refractivity contribution is 7.99. The number of carbonyl (C=O) groups is 1. The van der Waals surface area contributed by atoms with Crippen molar-refractivity contribution in [2.75, 3.05) is 17.7 Å². The predicted molar refractivity (Wildman–Crippen MR) is 103 cm³/mol. The number of rotatable bonds is 6. The molecule has 1 aromatic carbocycles. The first-order chi connectivity index (χ1) is 12.6. The molecule has 6 nitrogen and oxygen atoms in total. The van der Waals surface area contributed by atoms with Crippen LogP contribution in [0.25, 0.3) is 0 Å². The molecule has 26 heavy (non-hydrogen) atoms. The van der Waals surface area contributed by atoms with Gasteiger partial charge in [0.25, 0.3) is 5.56 Å². The number of thioether (sulfide) groups is 1. The Morgan fingerprint density at radius 1 is 1.42 bits per heavy atom. The standard InChI is InChI=1S/C19H21N3O3S/c1-4-10-26-19-21-18(24)16-13(11-15(23)20-17(16)22(19)3)12-8-6-7-9-14(12)25-5-2/h4,6-9,13H,1,5,10-11H2,2-3H3,(H,20,23)/t13-/m1/s1. The minimum atomic E-state index is -0.383. The predicted octanol–water partition coefficient (Wildman–Crippen LogP) is 2.93. The number of fused-ring (bicyclic) bond motifs is 1. The summed E-state index contributed by atoms with van der Waals surface area (Å²) in [5, 5.41) is 3.39. The molecule has 0 unspecified atom stereocenters. The van der Waals surface area contributed by atoms with Crippen molar-refractivity contribution in [3.05, 3.63) is 58.4 Å². The number of ether oxygens (including phenoxy) is 1. The maximum atomic E-state index is 12.8. The number of nitrogens with one attached hydrogen (secondary N) is 1. The van der Waals surface area contributed by atoms with Crippen molar-refractivity contribution in [1.82, 2.24) is 9.55 Å². The van der Waals surface area contributed by atoms with Crippen LogP contribution in [0.5, 0.6) is 5.75 Å². The monoisotopic (exact) mass is 371 g/mol. The largest absolute Gasteiger partial charge is 0.494 e. The van der Waals surface area contributed by atoms with E-state index in [1.165, 1.54) is 11.8 Å². The van der Waals surface area contributed by atoms with Crippen LogP contribution in [0.3, 0.4) is 0 Å². The van der Waals surface area contributed by atoms with Gasteiger partial charge in [0.15, 0.2) is 5.16 Å². The second-order valence-electron chi connectivity index (χ2n) is 5.90. The second kappa shape index (κ2) is 7.78. The molecular formula is C19H21N3O3S. The quantitative estimate of drug-likeness (QED) is 0.480. The Morgan fingerprint density at radius 3 is 2.92 bits per heavy atom. The third-order valence-electron chi connectivity index (χ3n) is 4.23. The van der Waals surface area contributed by atoms with Gasteiger partial charge in [0.1, 0.15) is 11.6 Å². The lowest BCUT2D eigenvalue weighted by Gasteiger charge is -2.28. The first-order valence-electron chi connectivity index (χ1n) is 8.43. The molecule has 3 rings (SSSR count). The van der Waals surface area contributed by atoms with Crippen LogP contribution in [0.4, 0.5) is 5.82 Å². The van der Waals surface area contributed by atoms with E-state index in [2.05, 4.69) is 16.9 Å². The molecule has 2 aromatic rings. The normalized spacial score (nSPS) is 15.9. The summed E-state index contributed by atoms with van der Waals surface area (Å²) in [6, 6.07) is 7.52. The second-order valence-corrected chi connectivity index (χ2v) is 6.88. The third kappa shape index (κ3) is 3.39. The molecular weight excluding hydrogens is 350 g/mol. The number of nitrogens with zero attached hydrogens (tertiary/aromatic N) is 2. The summed E-state index contributed by atoms with van der Waals surface area (Å²) in [6.45, 7) is 6.10. The Hall–Kier alpha value is -2.54. The first-order valence-corrected chi connectivity index (χ1v) is 9.41. The molecule has 0 radical (unpaired) electrons. The lowest BCUT2D eigenvalue weighted by atomic mass is 9.86. The number of aromatic nitrogens is 2. The summed E-state index contributed by atoms with van der Waals surface area (Å²) in [4.78, 5) is 29.4. The average molecular weight is 371 g/mol. The summed E-state index contributed by atoms with van der Waals surface area (Å²) in [6.07, 6.45) is 1.93. The summed E-state index contributed by atoms with van der Waals surface area (Å²) < 4.78 is 7.47. The molecule has 0 aliphatic carbocycles. The van der Waals surface area contributed by atoms with Gasteiger partial charge in [-0.05, 0) is 13.0 Å². The van der Waals surface area contributed by atoms with E-state index in [1.54, 1.807) is 17.7 Å². The zero-order chi connectivity index (χ0) is 18.7. The number of hydrogen-bond donors (Lipinski definition) is 1. The van der Waals surface area contributed by atoms with E-state index in [-0.39, 0.29) is 23.8 Å². The van der Waals surface area contributed by atoms with Gasteiger partial charge in [0.05, 0.1) is 12.2 Å². The zero-order valence-corrected chi connectivity index (χ0v) is 15.6. The fourth-order valence-electron chi connectivity index (χ4n) is 3.12. The number of carbonyl (C=O) groups excluding carboxylic acids is 1. The molecule has 1 atom stereocenters. The summed E-state index contributed by atoms with van der Waals surface area (Å²) >= 11 is 1.40. The Bertz CT molecular complexity index is 907. The van der Waals surface area contributed by atoms with E-state index < -0.39 is 0 Å². The van der Waals surface area contributed by atoms with E-state index in [9.17, 15) is 9.59 Å². The van der Waals surface area contributed by atoms with Gasteiger partial charge < -0.3 is 14.6 Å². The van der Waals surface area contributed by atoms with E-state index in [0.29, 0.717) is 34.6 Å². The third-order valence-corrected chi connectivity index (χ3v) is 5.25. The first kappa shape index (κ1) is 18.3. The molecule has 136 valence electrons. The zero-order valence-electron chi connectivity index (χ0n) is 14.8. The molecule has 7 heteroatoms. The molecule has 0 saturated carbocycles. The van der Waals surface area contributed by atoms with Crippen molar-refractivity contribution < 1.29 is 9.53 Å². The van der Waals surface area contributed by atoms with Crippen LogP contribution in [0.15, 0.2) is 46.9 Å². The van der Waals surface area contributed by atoms with E-state index in [4.69, 9.17) is 4.74 Å². The molecule has 0 bridgehead atoms. The molecule has 1 amide bonds. The van der Waals surface area contributed by atoms with Gasteiger partial charge in [0, 0.05) is 30.7 Å². The van der Waals surface area contributed by atoms with Crippen LogP contribution in [0.1, 0.15) is 30.4 Å². The van der Waals surface area contributed by atoms with Crippen molar-refractivity contribution in [2.24, 2.45) is 7.05 Å². The summed E-state index contributed by atoms with van der Waals surface area (Å²) in [5.41, 5.74) is 1.01. The van der Waals surface area contributed by atoms with E-state index in [1.807, 2.05) is 31.2 Å². The van der Waals surface area contributed by atoms with Gasteiger partial charge in [-0.25, -0.2) is 0 Å². The number of anilines is 1. The van der Waals surface area contributed by atoms with Gasteiger partial charge in [-0.3, -0.25) is 9.59 Å². The Labute approximate surface area is 156 Å². The van der Waals surface area contributed by atoms with Crippen LogP contribution in [0, 0.1) is 0 Å². The molecule has 0 fully saturated rings. The lowest BCUT2D eigenvalue weighted by molar-refractivity contribution is -0.116. The SMILES string of the molecule is C=CCSc1nc(=O)c2c(n1C)NC(=O)C[C@@H]2c1ccccc1OCC. The Morgan fingerprint density at radius 2 is 2.19 bits per heavy atom. The molecule has 1 N–H and O–H groups in total. The minimum absolute atomic E-state index is 0.130. The van der Waals surface area contributed by atoms with Crippen molar-refractivity contribution in [2.45, 2.75) is 24.4 Å². The lowest BCUT2D eigenvalue weighted by Crippen LogP contribution is -2.33. The molecule has 1 aromatic heterocycles. The van der Waals surface area contributed by atoms with Crippen LogP contribution in [0.2, 0.25) is 0 Å². The highest BCUT2D eigenvalue weighted by atomic mass is 32.2. The highest BCUT2D eigenvalue weighted by Gasteiger charge is 2.33. The van der Waals surface area contributed by atoms with Gasteiger partial charge in [-0.2, -0.15) is 4.98 Å². The average Bonchev–Trinajstić information content (AvgIpc) is 2.63. The summed E-state index contributed by atoms with van der Waals surface area (Å²) in [7, 11) is 1.80. The Balaban J connectivity index is 2.16. The van der Waals surface area contributed by atoms with Crippen molar-refractivity contribution in [3.63, 3.8) is 0 Å². The summed E-state index contributed by atoms with van der Waals surface area (Å²) in [5.74, 6) is 1.31. The van der Waals surface area contributed by atoms with Crippen LogP contribution in [-0.2, 0) is 11.8 Å². The van der Waals surface area contributed by atoms with E-state index >= 15 is 0 Å². The van der Waals surface area contributed by atoms with Gasteiger partial charge in [-0.1, -0.05) is 36.0 Å². The number of hydrogen-bond acceptors (Lipinski definition) is 5. The maximum absolute atomic E-state index is 12.8. The number of benzene rings is 1. The van der Waals surface area contributed by atoms with Gasteiger partial charge in [-0.15, -0.1) is 6.58 Å². The van der Waals surface area contributed by atoms with Crippen molar-refractivity contribution >= 4 is 23.5 Å². The van der Waals surface area contributed by atoms with Crippen molar-refractivity contribution in [1.29, 1.82) is 0 Å². The minimum Gasteiger partial charge on any atom is -0.494 e. The topological polar surface area (TPSA) is 73.2 Å². The fraction of sp³-hybridized carbons (Fsp3) is 0.316. The van der Waals surface area contributed by atoms with Crippen molar-refractivity contribution in [3.8, 4) is 5.75 Å². The van der Waals surface area contributed by atoms with Crippen LogP contribution in [-0.4, -0.2) is 27.8 Å². The molecule has 2 heterocycles. The fourth-order valence-corrected chi connectivity index (χ4v) is 3.82. The smallest absolute Gasteiger partial charge is 0.279 e. The number of amides is 1. The van der Waals surface area contributed by atoms with Crippen LogP contribution >= 0.6 is 11.8 Å². The molecule has 1 aliphatic rings. The number of para-hydroxylation sites is 1. The van der Waals surface area contributed by atoms with E-state index in [0.717, 1.165) is 5.56 Å². The molecule has 1 aliphatic heterocycles. The van der Waals surface area contributed by atoms with Gasteiger partial charge in [0.2, 0.25) is 5.91 Å². The Kier molecular flexibility index (Phi) is 5.46. The molecule has 0 spiro atoms. The molecule has 0 saturated heterocycles. The highest BCUT2D eigenvalue weighted by Crippen LogP contribution is 2.39.